The predicted molar refractivity (Wildman–Crippen MR) is 291 cm³/mol. The van der Waals surface area contributed by atoms with Gasteiger partial charge in [0.1, 0.15) is 21.1 Å². The van der Waals surface area contributed by atoms with Gasteiger partial charge in [-0.05, 0) is 138 Å². The van der Waals surface area contributed by atoms with Gasteiger partial charge in [0.15, 0.2) is 35.3 Å². The molecular formula is C63H63N6O3+3. The third kappa shape index (κ3) is 8.56. The molecule has 0 aliphatic heterocycles. The van der Waals surface area contributed by atoms with Crippen LogP contribution in [0.1, 0.15) is 89.4 Å². The first kappa shape index (κ1) is 36.8. The monoisotopic (exact) mass is 962 g/mol. The van der Waals surface area contributed by atoms with Crippen molar-refractivity contribution in [3.8, 4) is 33.8 Å². The predicted octanol–water partition coefficient (Wildman–Crippen LogP) is 14.3. The Morgan fingerprint density at radius 3 is 1.33 bits per heavy atom. The average molecular weight is 962 g/mol. The van der Waals surface area contributed by atoms with E-state index in [1.807, 2.05) is 150 Å². The molecular weight excluding hydrogens is 889 g/mol. The van der Waals surface area contributed by atoms with Crippen molar-refractivity contribution in [3.05, 3.63) is 178 Å². The normalized spacial score (nSPS) is 15.0. The highest BCUT2D eigenvalue weighted by Gasteiger charge is 2.25. The van der Waals surface area contributed by atoms with Crippen molar-refractivity contribution >= 4 is 66.2 Å². The number of furan rings is 3. The van der Waals surface area contributed by atoms with Crippen LogP contribution in [0.3, 0.4) is 0 Å². The van der Waals surface area contributed by atoms with E-state index in [9.17, 15) is 0 Å². The second-order valence-corrected chi connectivity index (χ2v) is 18.9. The van der Waals surface area contributed by atoms with Gasteiger partial charge in [-0.2, -0.15) is 0 Å². The fraction of sp³-hybridized carbons (Fsp3) is 0.238. The Morgan fingerprint density at radius 1 is 0.444 bits per heavy atom. The molecule has 3 aromatic carbocycles. The smallest absolute Gasteiger partial charge is 0.227 e. The first-order chi connectivity index (χ1) is 38.4. The Kier molecular flexibility index (Phi) is 9.52. The highest BCUT2D eigenvalue weighted by atomic mass is 16.3. The molecule has 0 amide bonds. The summed E-state index contributed by atoms with van der Waals surface area (Å²) in [7, 11) is 5.63. The number of hydrogen-bond acceptors (Lipinski definition) is 6. The fourth-order valence-corrected chi connectivity index (χ4v) is 9.61. The van der Waals surface area contributed by atoms with Crippen LogP contribution in [0.15, 0.2) is 135 Å². The molecule has 0 saturated heterocycles. The first-order valence-corrected chi connectivity index (χ1v) is 23.8. The second kappa shape index (κ2) is 18.6. The topological polar surface area (TPSA) is 89.7 Å². The molecule has 0 fully saturated rings. The van der Waals surface area contributed by atoms with E-state index in [4.69, 9.17) is 27.0 Å². The van der Waals surface area contributed by atoms with Crippen molar-refractivity contribution in [1.82, 2.24) is 15.0 Å². The number of aromatic nitrogens is 6. The molecule has 12 aromatic rings. The average Bonchev–Trinajstić information content (AvgIpc) is 3.38. The van der Waals surface area contributed by atoms with E-state index in [-0.39, 0.29) is 0 Å². The van der Waals surface area contributed by atoms with E-state index < -0.39 is 26.4 Å². The minimum absolute atomic E-state index is 0.315. The molecule has 12 rings (SSSR count). The highest BCUT2D eigenvalue weighted by molar-refractivity contribution is 6.10. The SMILES string of the molecule is [2H]C([2H])([2H])C([2H])(C)c1cc[n+](C)c(-c2c(C)ccc3c2oc2nc(C)ccc23)c1.[2H]C([2H])([2H])c1c[n+](C)c(-c2c(C)ccc3c2oc2nc(C)ccc23)cc1C.[2H]C([2H])([2H])c1ccc(-c2c(C)ccc3c2oc2nc(C)ccc23)[n+](C)c1. The molecule has 9 heterocycles. The van der Waals surface area contributed by atoms with Crippen LogP contribution in [0.25, 0.3) is 100.0 Å². The lowest BCUT2D eigenvalue weighted by Crippen LogP contribution is -2.31. The van der Waals surface area contributed by atoms with Gasteiger partial charge in [-0.1, -0.05) is 50.2 Å². The van der Waals surface area contributed by atoms with Gasteiger partial charge < -0.3 is 13.3 Å². The summed E-state index contributed by atoms with van der Waals surface area (Å²) >= 11 is 0. The summed E-state index contributed by atoms with van der Waals surface area (Å²) in [6.07, 6.45) is 5.15. The number of fused-ring (bicyclic) bond motifs is 9. The minimum Gasteiger partial charge on any atom is -0.437 e. The quantitative estimate of drug-likeness (QED) is 0.163. The molecule has 1 atom stereocenters. The van der Waals surface area contributed by atoms with Gasteiger partial charge in [-0.15, -0.1) is 0 Å². The van der Waals surface area contributed by atoms with Crippen molar-refractivity contribution in [3.63, 3.8) is 0 Å². The molecule has 0 aliphatic rings. The molecule has 9 nitrogen and oxygen atoms in total. The number of hydrogen-bond donors (Lipinski definition) is 0. The van der Waals surface area contributed by atoms with E-state index in [0.29, 0.717) is 39.4 Å². The summed E-state index contributed by atoms with van der Waals surface area (Å²) in [5.74, 6) is -1.72. The molecule has 9 aromatic heterocycles. The zero-order valence-corrected chi connectivity index (χ0v) is 42.5. The molecule has 0 bridgehead atoms. The van der Waals surface area contributed by atoms with E-state index >= 15 is 0 Å². The Hall–Kier alpha value is -8.04. The fourth-order valence-electron chi connectivity index (χ4n) is 9.61. The second-order valence-electron chi connectivity index (χ2n) is 18.9. The Morgan fingerprint density at radius 2 is 0.889 bits per heavy atom. The maximum Gasteiger partial charge on any atom is 0.227 e. The molecule has 0 spiro atoms. The van der Waals surface area contributed by atoms with Gasteiger partial charge in [-0.3, -0.25) is 0 Å². The Balaban J connectivity index is 0.000000138. The first-order valence-electron chi connectivity index (χ1n) is 28.8. The third-order valence-electron chi connectivity index (χ3n) is 13.5. The summed E-state index contributed by atoms with van der Waals surface area (Å²) in [4.78, 5) is 13.5. The summed E-state index contributed by atoms with van der Waals surface area (Å²) in [5.41, 5.74) is 17.2. The van der Waals surface area contributed by atoms with Gasteiger partial charge in [0.25, 0.3) is 0 Å². The molecule has 0 saturated carbocycles. The minimum atomic E-state index is -2.44. The van der Waals surface area contributed by atoms with Crippen molar-refractivity contribution < 1.29 is 40.7 Å². The van der Waals surface area contributed by atoms with Crippen LogP contribution in [0.4, 0.5) is 0 Å². The lowest BCUT2D eigenvalue weighted by Gasteiger charge is -2.09. The van der Waals surface area contributed by atoms with Gasteiger partial charge in [-0.25, -0.2) is 28.7 Å². The number of aryl methyl sites for hydroxylation is 12. The number of pyridine rings is 6. The Bertz CT molecular complexity index is 4530. The van der Waals surface area contributed by atoms with Gasteiger partial charge >= 0.3 is 0 Å². The summed E-state index contributed by atoms with van der Waals surface area (Å²) in [6.45, 7) is 8.42. The summed E-state index contributed by atoms with van der Waals surface area (Å²) in [5, 5.41) is 5.88. The lowest BCUT2D eigenvalue weighted by atomic mass is 9.97. The van der Waals surface area contributed by atoms with Crippen LogP contribution in [0, 0.1) is 62.2 Å². The van der Waals surface area contributed by atoms with Crippen LogP contribution in [0.2, 0.25) is 0 Å². The zero-order valence-electron chi connectivity index (χ0n) is 52.5. The standard InChI is InChI=1S/C22H23N2O.C21H21N2O.C20H19N2O/c1-13(2)16-10-11-24(5)19(12-16)20-14(3)6-8-17-18-9-7-15(4)23-22(18)25-21(17)20;1-12-6-8-16-17-9-7-15(4)22-21(17)24-20(16)19(12)18-10-13(2)14(3)11-23(18)5;1-12-5-10-17(22(4)11-12)18-13(2)6-8-15-16-9-7-14(3)21-20(16)23-19(15)18/h6-13H,1-5H3;6-11H,1-5H3;5-11H,1-4H3/q3*+1/i1D3,13D;3D3;1D3. The van der Waals surface area contributed by atoms with Crippen LogP contribution in [0.5, 0.6) is 0 Å². The zero-order chi connectivity index (χ0) is 59.3. The van der Waals surface area contributed by atoms with E-state index in [1.54, 1.807) is 36.8 Å². The molecule has 0 N–H and O–H groups in total. The van der Waals surface area contributed by atoms with Crippen molar-refractivity contribution in [2.75, 3.05) is 0 Å². The molecule has 72 heavy (non-hydrogen) atoms. The molecule has 9 heteroatoms. The van der Waals surface area contributed by atoms with E-state index in [0.717, 1.165) is 117 Å². The number of nitrogens with zero attached hydrogens (tertiary/aromatic N) is 6. The third-order valence-corrected chi connectivity index (χ3v) is 13.5. The summed E-state index contributed by atoms with van der Waals surface area (Å²) < 4.78 is 102. The Labute approximate surface area is 435 Å². The molecule has 0 radical (unpaired) electrons. The van der Waals surface area contributed by atoms with Crippen LogP contribution >= 0.6 is 0 Å². The van der Waals surface area contributed by atoms with Gasteiger partial charge in [0, 0.05) is 98.5 Å². The van der Waals surface area contributed by atoms with Gasteiger partial charge in [0.05, 0.1) is 16.7 Å². The summed E-state index contributed by atoms with van der Waals surface area (Å²) in [6, 6.07) is 33.2. The van der Waals surface area contributed by atoms with Crippen molar-refractivity contribution in [2.24, 2.45) is 21.1 Å². The maximum atomic E-state index is 8.47. The molecule has 0 aliphatic carbocycles. The number of benzene rings is 3. The molecule has 1 unspecified atom stereocenters. The van der Waals surface area contributed by atoms with E-state index in [2.05, 4.69) is 33.2 Å². The molecule has 360 valence electrons. The van der Waals surface area contributed by atoms with Crippen molar-refractivity contribution in [1.29, 1.82) is 0 Å². The van der Waals surface area contributed by atoms with Crippen LogP contribution < -0.4 is 13.7 Å². The van der Waals surface area contributed by atoms with E-state index in [1.165, 1.54) is 6.92 Å². The van der Waals surface area contributed by atoms with Crippen LogP contribution in [-0.4, -0.2) is 15.0 Å². The van der Waals surface area contributed by atoms with Gasteiger partial charge in [0.2, 0.25) is 34.2 Å². The maximum absolute atomic E-state index is 8.47. The largest absolute Gasteiger partial charge is 0.437 e. The number of rotatable bonds is 4. The highest BCUT2D eigenvalue weighted by Crippen LogP contribution is 2.39. The van der Waals surface area contributed by atoms with Crippen molar-refractivity contribution in [2.45, 2.75) is 81.8 Å². The van der Waals surface area contributed by atoms with Crippen LogP contribution in [-0.2, 0) is 21.1 Å². The lowest BCUT2D eigenvalue weighted by molar-refractivity contribution is -0.660.